The quantitative estimate of drug-likeness (QED) is 0.677. The average molecular weight is 260 g/mol. The molecule has 0 bridgehead atoms. The van der Waals surface area contributed by atoms with E-state index >= 15 is 0 Å². The predicted molar refractivity (Wildman–Crippen MR) is 69.7 cm³/mol. The topological polar surface area (TPSA) is 65.2 Å². The van der Waals surface area contributed by atoms with Crippen molar-refractivity contribution in [2.45, 2.75) is 6.92 Å². The SMILES string of the molecule is CCOc1cncc(C(=O)c2ccc(N)c(F)c2)c1. The molecule has 0 saturated carbocycles. The maximum Gasteiger partial charge on any atom is 0.194 e. The van der Waals surface area contributed by atoms with Gasteiger partial charge in [-0.25, -0.2) is 4.39 Å². The normalized spacial score (nSPS) is 10.2. The number of aromatic nitrogens is 1. The second-order valence-electron chi connectivity index (χ2n) is 3.91. The molecule has 0 unspecified atom stereocenters. The Labute approximate surface area is 110 Å². The number of halogens is 1. The van der Waals surface area contributed by atoms with Crippen LogP contribution in [0.15, 0.2) is 36.7 Å². The highest BCUT2D eigenvalue weighted by Gasteiger charge is 2.12. The van der Waals surface area contributed by atoms with E-state index in [1.54, 1.807) is 6.07 Å². The summed E-state index contributed by atoms with van der Waals surface area (Å²) in [6, 6.07) is 5.54. The van der Waals surface area contributed by atoms with E-state index in [9.17, 15) is 9.18 Å². The first-order valence-corrected chi connectivity index (χ1v) is 5.79. The van der Waals surface area contributed by atoms with Crippen LogP contribution < -0.4 is 10.5 Å². The van der Waals surface area contributed by atoms with Crippen LogP contribution in [-0.2, 0) is 0 Å². The number of benzene rings is 1. The fourth-order valence-electron chi connectivity index (χ4n) is 1.62. The van der Waals surface area contributed by atoms with Crippen LogP contribution in [0.25, 0.3) is 0 Å². The van der Waals surface area contributed by atoms with Gasteiger partial charge in [-0.1, -0.05) is 0 Å². The van der Waals surface area contributed by atoms with Crippen molar-refractivity contribution in [2.75, 3.05) is 12.3 Å². The first-order valence-electron chi connectivity index (χ1n) is 5.79. The molecule has 0 saturated heterocycles. The molecule has 1 aromatic carbocycles. The lowest BCUT2D eigenvalue weighted by molar-refractivity contribution is 0.103. The van der Waals surface area contributed by atoms with Gasteiger partial charge < -0.3 is 10.5 Å². The summed E-state index contributed by atoms with van der Waals surface area (Å²) >= 11 is 0. The van der Waals surface area contributed by atoms with Gasteiger partial charge in [0.15, 0.2) is 5.78 Å². The summed E-state index contributed by atoms with van der Waals surface area (Å²) < 4.78 is 18.6. The van der Waals surface area contributed by atoms with Crippen LogP contribution in [0.5, 0.6) is 5.75 Å². The van der Waals surface area contributed by atoms with Gasteiger partial charge in [-0.2, -0.15) is 0 Å². The van der Waals surface area contributed by atoms with Crippen molar-refractivity contribution in [3.63, 3.8) is 0 Å². The molecule has 2 rings (SSSR count). The third-order valence-corrected chi connectivity index (χ3v) is 2.55. The van der Waals surface area contributed by atoms with E-state index in [0.717, 1.165) is 6.07 Å². The lowest BCUT2D eigenvalue weighted by atomic mass is 10.0. The number of ketones is 1. The fourth-order valence-corrected chi connectivity index (χ4v) is 1.62. The van der Waals surface area contributed by atoms with E-state index < -0.39 is 5.82 Å². The molecule has 2 aromatic rings. The number of nitrogens with two attached hydrogens (primary N) is 1. The summed E-state index contributed by atoms with van der Waals surface area (Å²) in [4.78, 5) is 16.1. The number of anilines is 1. The molecule has 1 aromatic heterocycles. The van der Waals surface area contributed by atoms with Crippen molar-refractivity contribution in [3.8, 4) is 5.75 Å². The maximum atomic E-state index is 13.3. The number of nitrogens with zero attached hydrogens (tertiary/aromatic N) is 1. The van der Waals surface area contributed by atoms with Crippen LogP contribution in [0.1, 0.15) is 22.8 Å². The summed E-state index contributed by atoms with van der Waals surface area (Å²) in [5.74, 6) is -0.433. The van der Waals surface area contributed by atoms with Crippen molar-refractivity contribution < 1.29 is 13.9 Å². The number of ether oxygens (including phenoxy) is 1. The van der Waals surface area contributed by atoms with Gasteiger partial charge in [0, 0.05) is 17.3 Å². The predicted octanol–water partition coefficient (Wildman–Crippen LogP) is 2.43. The monoisotopic (exact) mass is 260 g/mol. The molecule has 4 nitrogen and oxygen atoms in total. The third-order valence-electron chi connectivity index (χ3n) is 2.55. The standard InChI is InChI=1S/C14H13FN2O2/c1-2-19-11-5-10(7-17-8-11)14(18)9-3-4-13(16)12(15)6-9/h3-8H,2,16H2,1H3. The molecule has 5 heteroatoms. The highest BCUT2D eigenvalue weighted by Crippen LogP contribution is 2.18. The van der Waals surface area contributed by atoms with Crippen LogP contribution in [0, 0.1) is 5.82 Å². The van der Waals surface area contributed by atoms with Gasteiger partial charge in [-0.3, -0.25) is 9.78 Å². The minimum absolute atomic E-state index is 0.0118. The molecule has 1 heterocycles. The van der Waals surface area contributed by atoms with Gasteiger partial charge >= 0.3 is 0 Å². The van der Waals surface area contributed by atoms with E-state index in [-0.39, 0.29) is 17.0 Å². The number of rotatable bonds is 4. The summed E-state index contributed by atoms with van der Waals surface area (Å²) in [6.07, 6.45) is 2.93. The smallest absolute Gasteiger partial charge is 0.194 e. The van der Waals surface area contributed by atoms with Crippen molar-refractivity contribution in [2.24, 2.45) is 0 Å². The highest BCUT2D eigenvalue weighted by molar-refractivity contribution is 6.09. The Hall–Kier alpha value is -2.43. The van der Waals surface area contributed by atoms with E-state index in [0.29, 0.717) is 17.9 Å². The van der Waals surface area contributed by atoms with Gasteiger partial charge in [0.05, 0.1) is 18.5 Å². The van der Waals surface area contributed by atoms with E-state index in [1.165, 1.54) is 24.5 Å². The molecule has 98 valence electrons. The molecular formula is C14H13FN2O2. The lowest BCUT2D eigenvalue weighted by Gasteiger charge is -2.05. The lowest BCUT2D eigenvalue weighted by Crippen LogP contribution is -2.04. The molecule has 0 aliphatic carbocycles. The number of nitrogen functional groups attached to an aromatic ring is 1. The van der Waals surface area contributed by atoms with Crippen LogP contribution in [0.3, 0.4) is 0 Å². The second-order valence-corrected chi connectivity index (χ2v) is 3.91. The Morgan fingerprint density at radius 2 is 2.11 bits per heavy atom. The fraction of sp³-hybridized carbons (Fsp3) is 0.143. The summed E-state index contributed by atoms with van der Waals surface area (Å²) in [6.45, 7) is 2.32. The zero-order valence-electron chi connectivity index (χ0n) is 10.4. The van der Waals surface area contributed by atoms with Crippen LogP contribution in [-0.4, -0.2) is 17.4 Å². The molecule has 0 spiro atoms. The molecule has 0 aliphatic heterocycles. The summed E-state index contributed by atoms with van der Waals surface area (Å²) in [5.41, 5.74) is 5.95. The second kappa shape index (κ2) is 5.48. The average Bonchev–Trinajstić information content (AvgIpc) is 2.42. The third kappa shape index (κ3) is 2.88. The van der Waals surface area contributed by atoms with Gasteiger partial charge in [-0.15, -0.1) is 0 Å². The van der Waals surface area contributed by atoms with Crippen LogP contribution in [0.4, 0.5) is 10.1 Å². The molecule has 0 atom stereocenters. The zero-order valence-corrected chi connectivity index (χ0v) is 10.4. The number of pyridine rings is 1. The Morgan fingerprint density at radius 3 is 2.79 bits per heavy atom. The van der Waals surface area contributed by atoms with E-state index in [2.05, 4.69) is 4.98 Å². The maximum absolute atomic E-state index is 13.3. The van der Waals surface area contributed by atoms with Crippen LogP contribution in [0.2, 0.25) is 0 Å². The van der Waals surface area contributed by atoms with Crippen LogP contribution >= 0.6 is 0 Å². The van der Waals surface area contributed by atoms with Gasteiger partial charge in [0.2, 0.25) is 0 Å². The Balaban J connectivity index is 2.32. The van der Waals surface area contributed by atoms with Gasteiger partial charge in [0.25, 0.3) is 0 Å². The van der Waals surface area contributed by atoms with Crippen molar-refractivity contribution in [1.29, 1.82) is 0 Å². The molecule has 0 fully saturated rings. The minimum Gasteiger partial charge on any atom is -0.492 e. The number of carbonyl (C=O) groups is 1. The largest absolute Gasteiger partial charge is 0.492 e. The van der Waals surface area contributed by atoms with E-state index in [4.69, 9.17) is 10.5 Å². The first-order chi connectivity index (χ1) is 9.11. The van der Waals surface area contributed by atoms with Gasteiger partial charge in [-0.05, 0) is 31.2 Å². The number of carbonyl (C=O) groups excluding carboxylic acids is 1. The molecule has 0 radical (unpaired) electrons. The Kier molecular flexibility index (Phi) is 3.75. The van der Waals surface area contributed by atoms with E-state index in [1.807, 2.05) is 6.92 Å². The number of hydrogen-bond acceptors (Lipinski definition) is 4. The van der Waals surface area contributed by atoms with Crippen molar-refractivity contribution in [1.82, 2.24) is 4.98 Å². The molecular weight excluding hydrogens is 247 g/mol. The Bertz CT molecular complexity index is 614. The molecule has 2 N–H and O–H groups in total. The summed E-state index contributed by atoms with van der Waals surface area (Å²) in [5, 5.41) is 0. The highest BCUT2D eigenvalue weighted by atomic mass is 19.1. The minimum atomic E-state index is -0.611. The molecule has 19 heavy (non-hydrogen) atoms. The zero-order chi connectivity index (χ0) is 13.8. The van der Waals surface area contributed by atoms with Crippen molar-refractivity contribution >= 4 is 11.5 Å². The Morgan fingerprint density at radius 1 is 1.32 bits per heavy atom. The first kappa shape index (κ1) is 13.0. The number of hydrogen-bond donors (Lipinski definition) is 1. The molecule has 0 aliphatic rings. The van der Waals surface area contributed by atoms with Gasteiger partial charge in [0.1, 0.15) is 11.6 Å². The molecule has 0 amide bonds. The summed E-state index contributed by atoms with van der Waals surface area (Å²) in [7, 11) is 0. The van der Waals surface area contributed by atoms with Crippen molar-refractivity contribution in [3.05, 3.63) is 53.6 Å².